The second-order valence-corrected chi connectivity index (χ2v) is 17.3. The Balaban J connectivity index is 1.66. The van der Waals surface area contributed by atoms with Gasteiger partial charge in [0.05, 0.1) is 77.2 Å². The van der Waals surface area contributed by atoms with E-state index in [-0.39, 0.29) is 12.2 Å². The maximum atomic E-state index is 14.4. The van der Waals surface area contributed by atoms with Crippen LogP contribution in [0.4, 0.5) is 26.3 Å². The van der Waals surface area contributed by atoms with E-state index in [1.165, 1.54) is 48.2 Å². The first kappa shape index (κ1) is 40.5. The molecule has 0 spiro atoms. The number of hydrogen-bond donors (Lipinski definition) is 0. The van der Waals surface area contributed by atoms with Gasteiger partial charge >= 0.3 is 12.4 Å². The van der Waals surface area contributed by atoms with Gasteiger partial charge in [-0.25, -0.2) is 0 Å². The van der Waals surface area contributed by atoms with Gasteiger partial charge in [-0.3, -0.25) is 0 Å². The van der Waals surface area contributed by atoms with Crippen LogP contribution in [0, 0.1) is 13.8 Å². The third-order valence-electron chi connectivity index (χ3n) is 9.12. The van der Waals surface area contributed by atoms with Crippen molar-refractivity contribution in [3.8, 4) is 66.1 Å². The number of hydrogen-bond acceptors (Lipinski definition) is 7. The molecule has 0 aliphatic heterocycles. The van der Waals surface area contributed by atoms with Crippen LogP contribution in [0.3, 0.4) is 0 Å². The number of thiophene rings is 3. The first-order valence-corrected chi connectivity index (χ1v) is 20.4. The number of methoxy groups -OCH3 is 2. The van der Waals surface area contributed by atoms with Crippen molar-refractivity contribution in [3.05, 3.63) is 95.1 Å². The molecular weight excluding hydrogens is 803 g/mol. The Morgan fingerprint density at radius 3 is 1.18 bits per heavy atom. The van der Waals surface area contributed by atoms with Gasteiger partial charge in [-0.1, -0.05) is 24.3 Å². The second-order valence-electron chi connectivity index (χ2n) is 14.2. The average Bonchev–Trinajstić information content (AvgIpc) is 3.77. The van der Waals surface area contributed by atoms with Crippen molar-refractivity contribution in [1.82, 2.24) is 0 Å². The molecule has 7 aromatic rings. The molecular formula is C44H38F6O4S3. The summed E-state index contributed by atoms with van der Waals surface area (Å²) >= 11 is 4.10. The zero-order chi connectivity index (χ0) is 41.1. The fourth-order valence-electron chi connectivity index (χ4n) is 7.00. The van der Waals surface area contributed by atoms with Crippen LogP contribution >= 0.6 is 34.0 Å². The topological polar surface area (TPSA) is 36.9 Å². The quantitative estimate of drug-likeness (QED) is 0.129. The van der Waals surface area contributed by atoms with Crippen LogP contribution in [0.5, 0.6) is 23.0 Å². The Hall–Kier alpha value is -4.72. The normalized spacial score (nSPS) is 12.4. The molecule has 298 valence electrons. The number of aryl methyl sites for hydroxylation is 2. The number of ether oxygens (including phenoxy) is 4. The first-order chi connectivity index (χ1) is 26.9. The molecule has 57 heavy (non-hydrogen) atoms. The Bertz CT molecular complexity index is 2450. The second kappa shape index (κ2) is 15.2. The van der Waals surface area contributed by atoms with Crippen molar-refractivity contribution < 1.29 is 45.3 Å². The zero-order valence-corrected chi connectivity index (χ0v) is 34.7. The van der Waals surface area contributed by atoms with E-state index >= 15 is 0 Å². The molecule has 0 radical (unpaired) electrons. The summed E-state index contributed by atoms with van der Waals surface area (Å²) in [6.07, 6.45) is -9.69. The molecule has 0 amide bonds. The molecule has 0 unspecified atom stereocenters. The van der Waals surface area contributed by atoms with Crippen LogP contribution < -0.4 is 18.9 Å². The summed E-state index contributed by atoms with van der Waals surface area (Å²) in [6, 6.07) is 18.7. The molecule has 13 heteroatoms. The van der Waals surface area contributed by atoms with E-state index in [0.717, 1.165) is 33.7 Å². The van der Waals surface area contributed by atoms with Crippen molar-refractivity contribution in [2.75, 3.05) is 14.2 Å². The Labute approximate surface area is 338 Å². The number of halogens is 6. The van der Waals surface area contributed by atoms with E-state index in [1.807, 2.05) is 27.7 Å². The molecule has 0 saturated carbocycles. The maximum Gasteiger partial charge on any atom is 0.416 e. The monoisotopic (exact) mass is 840 g/mol. The molecule has 0 aliphatic rings. The van der Waals surface area contributed by atoms with Gasteiger partial charge in [0.1, 0.15) is 23.0 Å². The van der Waals surface area contributed by atoms with Gasteiger partial charge in [-0.2, -0.15) is 26.3 Å². The summed E-state index contributed by atoms with van der Waals surface area (Å²) in [5.74, 6) is 1.94. The van der Waals surface area contributed by atoms with Crippen molar-refractivity contribution in [2.45, 2.75) is 66.1 Å². The van der Waals surface area contributed by atoms with Gasteiger partial charge in [0.2, 0.25) is 0 Å². The fraction of sp³-hybridized carbons (Fsp3) is 0.273. The molecule has 0 aliphatic carbocycles. The summed E-state index contributed by atoms with van der Waals surface area (Å²) in [6.45, 7) is 10.8. The highest BCUT2D eigenvalue weighted by molar-refractivity contribution is 7.41. The maximum absolute atomic E-state index is 14.4. The average molecular weight is 841 g/mol. The summed E-state index contributed by atoms with van der Waals surface area (Å²) < 4.78 is 114. The van der Waals surface area contributed by atoms with Gasteiger partial charge in [-0.15, -0.1) is 34.0 Å². The molecule has 0 atom stereocenters. The minimum Gasteiger partial charge on any atom is -0.496 e. The minimum absolute atomic E-state index is 0.232. The number of fused-ring (bicyclic) bond motifs is 3. The van der Waals surface area contributed by atoms with Crippen LogP contribution in [0.15, 0.2) is 72.8 Å². The van der Waals surface area contributed by atoms with Crippen LogP contribution in [0.1, 0.15) is 49.9 Å². The van der Waals surface area contributed by atoms with Crippen molar-refractivity contribution in [1.29, 1.82) is 0 Å². The molecule has 3 heterocycles. The van der Waals surface area contributed by atoms with Gasteiger partial charge < -0.3 is 18.9 Å². The third-order valence-corrected chi connectivity index (χ3v) is 13.2. The highest BCUT2D eigenvalue weighted by Crippen LogP contribution is 2.61. The molecule has 4 aromatic carbocycles. The lowest BCUT2D eigenvalue weighted by molar-refractivity contribution is -0.138. The third kappa shape index (κ3) is 7.69. The Morgan fingerprint density at radius 1 is 0.474 bits per heavy atom. The predicted octanol–water partition coefficient (Wildman–Crippen LogP) is 15.1. The smallest absolute Gasteiger partial charge is 0.416 e. The predicted molar refractivity (Wildman–Crippen MR) is 221 cm³/mol. The van der Waals surface area contributed by atoms with E-state index in [1.54, 1.807) is 62.4 Å². The zero-order valence-electron chi connectivity index (χ0n) is 32.2. The molecule has 0 bridgehead atoms. The first-order valence-electron chi connectivity index (χ1n) is 18.0. The lowest BCUT2D eigenvalue weighted by Crippen LogP contribution is -2.07. The summed E-state index contributed by atoms with van der Waals surface area (Å²) in [5.41, 5.74) is 2.19. The number of alkyl halides is 6. The van der Waals surface area contributed by atoms with Crippen LogP contribution in [0.2, 0.25) is 0 Å². The van der Waals surface area contributed by atoms with E-state index in [0.29, 0.717) is 86.7 Å². The lowest BCUT2D eigenvalue weighted by Gasteiger charge is -2.18. The van der Waals surface area contributed by atoms with Gasteiger partial charge in [0, 0.05) is 11.1 Å². The molecule has 3 aromatic heterocycles. The summed E-state index contributed by atoms with van der Waals surface area (Å²) in [4.78, 5) is 1.27. The van der Waals surface area contributed by atoms with Crippen molar-refractivity contribution in [3.63, 3.8) is 0 Å². The van der Waals surface area contributed by atoms with Crippen molar-refractivity contribution >= 4 is 52.8 Å². The Morgan fingerprint density at radius 2 is 0.842 bits per heavy atom. The Kier molecular flexibility index (Phi) is 10.8. The molecule has 0 fully saturated rings. The van der Waals surface area contributed by atoms with Crippen LogP contribution in [0.25, 0.3) is 61.9 Å². The van der Waals surface area contributed by atoms with Crippen LogP contribution in [-0.2, 0) is 12.4 Å². The van der Waals surface area contributed by atoms with Gasteiger partial charge in [-0.05, 0) is 112 Å². The highest BCUT2D eigenvalue weighted by atomic mass is 32.1. The number of benzene rings is 4. The van der Waals surface area contributed by atoms with Crippen molar-refractivity contribution in [2.24, 2.45) is 0 Å². The number of rotatable bonds is 10. The minimum atomic E-state index is -4.61. The summed E-state index contributed by atoms with van der Waals surface area (Å²) in [7, 11) is 3.05. The standard InChI is InChI=1S/C44H38F6O4S3/c1-21(2)53-31-13-9-11-29(51-7)35(31)37-33(25-15-23(5)17-27(19-25)43(45,46)47)39-41(55-37)42-40(57-39)34(26-16-24(6)18-28(20-26)44(48,49)50)38(56-42)36-30(52-8)12-10-14-32(36)54-22(3)4/h9-22H,1-8H3. The van der Waals surface area contributed by atoms with E-state index in [9.17, 15) is 26.3 Å². The van der Waals surface area contributed by atoms with E-state index in [2.05, 4.69) is 0 Å². The molecule has 0 N–H and O–H groups in total. The SMILES string of the molecule is COc1cccc(OC(C)C)c1-c1sc2c(sc3c(-c4cc(C)cc(C(F)(F)F)c4)c(-c4c(OC)cccc4OC(C)C)sc32)c1-c1cc(C)cc(C(F)(F)F)c1. The lowest BCUT2D eigenvalue weighted by atomic mass is 9.97. The molecule has 4 nitrogen and oxygen atoms in total. The van der Waals surface area contributed by atoms with E-state index in [4.69, 9.17) is 18.9 Å². The molecule has 0 saturated heterocycles. The van der Waals surface area contributed by atoms with Gasteiger partial charge in [0.15, 0.2) is 0 Å². The summed E-state index contributed by atoms with van der Waals surface area (Å²) in [5, 5.41) is 0. The van der Waals surface area contributed by atoms with Crippen LogP contribution in [-0.4, -0.2) is 26.4 Å². The van der Waals surface area contributed by atoms with E-state index < -0.39 is 23.5 Å². The largest absolute Gasteiger partial charge is 0.496 e. The molecule has 7 rings (SSSR count). The van der Waals surface area contributed by atoms with Gasteiger partial charge in [0.25, 0.3) is 0 Å². The fourth-order valence-corrected chi connectivity index (χ4v) is 11.7. The highest BCUT2D eigenvalue weighted by Gasteiger charge is 2.35.